The molecule has 0 amide bonds. The molecule has 1 heterocycles. The molecule has 16 heavy (non-hydrogen) atoms. The lowest BCUT2D eigenvalue weighted by Gasteiger charge is -2.31. The van der Waals surface area contributed by atoms with Gasteiger partial charge in [0, 0.05) is 11.3 Å². The first-order valence-electron chi connectivity index (χ1n) is 6.13. The van der Waals surface area contributed by atoms with Crippen molar-refractivity contribution in [2.24, 2.45) is 0 Å². The zero-order valence-electron chi connectivity index (χ0n) is 10.7. The van der Waals surface area contributed by atoms with Crippen molar-refractivity contribution in [3.8, 4) is 0 Å². The summed E-state index contributed by atoms with van der Waals surface area (Å²) in [5, 5.41) is 3.56. The number of hydrogen-bond donors (Lipinski definition) is 1. The lowest BCUT2D eigenvalue weighted by Crippen LogP contribution is -2.31. The highest BCUT2D eigenvalue weighted by Crippen LogP contribution is 2.34. The minimum atomic E-state index is 0.0728. The van der Waals surface area contributed by atoms with Crippen LogP contribution in [0.15, 0.2) is 24.3 Å². The Labute approximate surface area is 98.6 Å². The number of nitrogens with one attached hydrogen (secondary N) is 1. The van der Waals surface area contributed by atoms with Crippen molar-refractivity contribution in [2.45, 2.75) is 46.1 Å². The molecule has 0 aromatic heterocycles. The number of hydrogen-bond acceptors (Lipinski definition) is 1. The molecule has 1 aliphatic heterocycles. The van der Waals surface area contributed by atoms with E-state index in [1.807, 2.05) is 0 Å². The second kappa shape index (κ2) is 3.97. The molecule has 0 saturated heterocycles. The third kappa shape index (κ3) is 2.13. The van der Waals surface area contributed by atoms with E-state index in [0.717, 1.165) is 0 Å². The Balaban J connectivity index is 2.42. The molecule has 1 aliphatic rings. The van der Waals surface area contributed by atoms with Crippen molar-refractivity contribution in [1.29, 1.82) is 0 Å². The van der Waals surface area contributed by atoms with E-state index in [1.165, 1.54) is 35.2 Å². The quantitative estimate of drug-likeness (QED) is 0.777. The van der Waals surface area contributed by atoms with Crippen LogP contribution in [0.5, 0.6) is 0 Å². The smallest absolute Gasteiger partial charge is 0.0505 e. The van der Waals surface area contributed by atoms with Gasteiger partial charge >= 0.3 is 0 Å². The second-order valence-electron chi connectivity index (χ2n) is 5.30. The summed E-state index contributed by atoms with van der Waals surface area (Å²) in [7, 11) is 0. The van der Waals surface area contributed by atoms with Crippen LogP contribution in [0.3, 0.4) is 0 Å². The van der Waals surface area contributed by atoms with Gasteiger partial charge in [-0.1, -0.05) is 25.5 Å². The Kier molecular flexibility index (Phi) is 2.79. The van der Waals surface area contributed by atoms with Crippen molar-refractivity contribution >= 4 is 11.3 Å². The number of allylic oxidation sites excluding steroid dienone is 1. The lowest BCUT2D eigenvalue weighted by molar-refractivity contribution is 0.707. The molecule has 0 radical (unpaired) electrons. The summed E-state index contributed by atoms with van der Waals surface area (Å²) in [4.78, 5) is 0. The normalized spacial score (nSPS) is 17.4. The van der Waals surface area contributed by atoms with Crippen molar-refractivity contribution in [2.75, 3.05) is 5.32 Å². The molecule has 1 aromatic carbocycles. The summed E-state index contributed by atoms with van der Waals surface area (Å²) < 4.78 is 0. The van der Waals surface area contributed by atoms with Crippen molar-refractivity contribution < 1.29 is 0 Å². The summed E-state index contributed by atoms with van der Waals surface area (Å²) in [5.74, 6) is 0. The van der Waals surface area contributed by atoms with E-state index in [1.54, 1.807) is 0 Å². The molecule has 0 spiro atoms. The first kappa shape index (κ1) is 11.3. The van der Waals surface area contributed by atoms with Gasteiger partial charge in [-0.25, -0.2) is 0 Å². The third-order valence-corrected chi connectivity index (χ3v) is 3.08. The molecule has 2 rings (SSSR count). The number of rotatable bonds is 2. The maximum Gasteiger partial charge on any atom is 0.0505 e. The lowest BCUT2D eigenvalue weighted by atomic mass is 9.90. The van der Waals surface area contributed by atoms with Gasteiger partial charge in [0.15, 0.2) is 0 Å². The maximum absolute atomic E-state index is 3.56. The molecule has 0 atom stereocenters. The van der Waals surface area contributed by atoms with Gasteiger partial charge in [-0.15, -0.1) is 0 Å². The van der Waals surface area contributed by atoms with Crippen LogP contribution in [0.4, 0.5) is 5.69 Å². The Morgan fingerprint density at radius 2 is 2.00 bits per heavy atom. The van der Waals surface area contributed by atoms with Gasteiger partial charge in [0.25, 0.3) is 0 Å². The maximum atomic E-state index is 3.56. The molecular formula is C15H21N. The Morgan fingerprint density at radius 1 is 1.25 bits per heavy atom. The Morgan fingerprint density at radius 3 is 2.69 bits per heavy atom. The Bertz CT molecular complexity index is 427. The van der Waals surface area contributed by atoms with Crippen molar-refractivity contribution in [3.63, 3.8) is 0 Å². The molecule has 1 heteroatoms. The van der Waals surface area contributed by atoms with Crippen molar-refractivity contribution in [3.05, 3.63) is 35.4 Å². The van der Waals surface area contributed by atoms with E-state index in [9.17, 15) is 0 Å². The van der Waals surface area contributed by atoms with Gasteiger partial charge in [-0.05, 0) is 50.5 Å². The van der Waals surface area contributed by atoms with Gasteiger partial charge in [-0.2, -0.15) is 0 Å². The summed E-state index contributed by atoms with van der Waals surface area (Å²) in [5.41, 5.74) is 5.53. The van der Waals surface area contributed by atoms with E-state index < -0.39 is 0 Å². The highest BCUT2D eigenvalue weighted by Gasteiger charge is 2.22. The van der Waals surface area contributed by atoms with Crippen LogP contribution in [0.2, 0.25) is 0 Å². The number of benzene rings is 1. The predicted molar refractivity (Wildman–Crippen MR) is 71.8 cm³/mol. The predicted octanol–water partition coefficient (Wildman–Crippen LogP) is 4.25. The molecule has 1 aromatic rings. The fraction of sp³-hybridized carbons (Fsp3) is 0.467. The molecular weight excluding hydrogens is 194 g/mol. The first-order chi connectivity index (χ1) is 7.52. The average Bonchev–Trinajstić information content (AvgIpc) is 2.18. The van der Waals surface area contributed by atoms with Crippen LogP contribution in [0.25, 0.3) is 5.57 Å². The number of fused-ring (bicyclic) bond motifs is 1. The molecule has 0 bridgehead atoms. The fourth-order valence-electron chi connectivity index (χ4n) is 2.47. The van der Waals surface area contributed by atoms with Gasteiger partial charge in [0.2, 0.25) is 0 Å². The molecule has 0 fully saturated rings. The van der Waals surface area contributed by atoms with E-state index in [2.05, 4.69) is 57.3 Å². The van der Waals surface area contributed by atoms with Crippen LogP contribution in [0.1, 0.15) is 45.2 Å². The van der Waals surface area contributed by atoms with Gasteiger partial charge in [0.1, 0.15) is 0 Å². The Hall–Kier alpha value is -1.24. The van der Waals surface area contributed by atoms with E-state index in [-0.39, 0.29) is 5.54 Å². The molecule has 0 aliphatic carbocycles. The SMILES string of the molecule is CCCc1ccc2c(c1)C(C)=CC(C)(C)N2. The summed E-state index contributed by atoms with van der Waals surface area (Å²) in [6, 6.07) is 6.79. The topological polar surface area (TPSA) is 12.0 Å². The monoisotopic (exact) mass is 215 g/mol. The molecule has 1 N–H and O–H groups in total. The van der Waals surface area contributed by atoms with Crippen LogP contribution in [-0.4, -0.2) is 5.54 Å². The highest BCUT2D eigenvalue weighted by atomic mass is 15.0. The third-order valence-electron chi connectivity index (χ3n) is 3.08. The average molecular weight is 215 g/mol. The summed E-state index contributed by atoms with van der Waals surface area (Å²) in [6.07, 6.45) is 4.69. The van der Waals surface area contributed by atoms with Crippen molar-refractivity contribution in [1.82, 2.24) is 0 Å². The van der Waals surface area contributed by atoms with Gasteiger partial charge in [-0.3, -0.25) is 0 Å². The van der Waals surface area contributed by atoms with E-state index >= 15 is 0 Å². The minimum Gasteiger partial charge on any atom is -0.376 e. The molecule has 0 unspecified atom stereocenters. The molecule has 0 saturated carbocycles. The van der Waals surface area contributed by atoms with Gasteiger partial charge in [0.05, 0.1) is 5.54 Å². The minimum absolute atomic E-state index is 0.0728. The van der Waals surface area contributed by atoms with Crippen LogP contribution < -0.4 is 5.32 Å². The first-order valence-corrected chi connectivity index (χ1v) is 6.13. The molecule has 86 valence electrons. The van der Waals surface area contributed by atoms with Crippen LogP contribution in [0, 0.1) is 0 Å². The van der Waals surface area contributed by atoms with E-state index in [4.69, 9.17) is 0 Å². The zero-order chi connectivity index (χ0) is 11.8. The van der Waals surface area contributed by atoms with Crippen LogP contribution in [-0.2, 0) is 6.42 Å². The second-order valence-corrected chi connectivity index (χ2v) is 5.30. The fourth-order valence-corrected chi connectivity index (χ4v) is 2.47. The van der Waals surface area contributed by atoms with E-state index in [0.29, 0.717) is 0 Å². The number of anilines is 1. The highest BCUT2D eigenvalue weighted by molar-refractivity contribution is 5.80. The summed E-state index contributed by atoms with van der Waals surface area (Å²) in [6.45, 7) is 8.85. The number of aryl methyl sites for hydroxylation is 1. The molecule has 1 nitrogen and oxygen atoms in total. The zero-order valence-corrected chi connectivity index (χ0v) is 10.7. The standard InChI is InChI=1S/C15H21N/c1-5-6-12-7-8-14-13(9-12)11(2)10-15(3,4)16-14/h7-10,16H,5-6H2,1-4H3. The van der Waals surface area contributed by atoms with Gasteiger partial charge < -0.3 is 5.32 Å². The summed E-state index contributed by atoms with van der Waals surface area (Å²) >= 11 is 0. The largest absolute Gasteiger partial charge is 0.376 e. The van der Waals surface area contributed by atoms with Crippen LogP contribution >= 0.6 is 0 Å².